The minimum Gasteiger partial charge on any atom is -0.375 e. The molecule has 0 saturated carbocycles. The van der Waals surface area contributed by atoms with Crippen molar-refractivity contribution < 1.29 is 9.26 Å². The molecule has 2 aromatic rings. The Balaban J connectivity index is 1.52. The van der Waals surface area contributed by atoms with Gasteiger partial charge in [-0.3, -0.25) is 9.58 Å². The van der Waals surface area contributed by atoms with E-state index in [0.29, 0.717) is 5.15 Å². The number of hydrogen-bond donors (Lipinski definition) is 0. The number of rotatable bonds is 3. The van der Waals surface area contributed by atoms with Crippen LogP contribution in [0.1, 0.15) is 37.0 Å². The second-order valence-corrected chi connectivity index (χ2v) is 7.33. The number of aromatic nitrogens is 3. The Morgan fingerprint density at radius 1 is 1.29 bits per heavy atom. The lowest BCUT2D eigenvalue weighted by Crippen LogP contribution is -2.43. The predicted molar refractivity (Wildman–Crippen MR) is 90.9 cm³/mol. The Bertz CT molecular complexity index is 723. The minimum absolute atomic E-state index is 0.140. The molecule has 7 heteroatoms. The van der Waals surface area contributed by atoms with Crippen molar-refractivity contribution in [3.63, 3.8) is 0 Å². The van der Waals surface area contributed by atoms with E-state index < -0.39 is 0 Å². The van der Waals surface area contributed by atoms with Gasteiger partial charge in [0.05, 0.1) is 5.60 Å². The molecule has 2 fully saturated rings. The van der Waals surface area contributed by atoms with Crippen LogP contribution in [0.15, 0.2) is 10.6 Å². The Morgan fingerprint density at radius 2 is 2.08 bits per heavy atom. The van der Waals surface area contributed by atoms with Gasteiger partial charge in [-0.2, -0.15) is 5.10 Å². The monoisotopic (exact) mass is 350 g/mol. The molecule has 0 bridgehead atoms. The summed E-state index contributed by atoms with van der Waals surface area (Å²) >= 11 is 6.50. The van der Waals surface area contributed by atoms with E-state index in [4.69, 9.17) is 20.9 Å². The van der Waals surface area contributed by atoms with Crippen LogP contribution >= 0.6 is 11.6 Å². The molecule has 6 nitrogen and oxygen atoms in total. The molecule has 2 aliphatic heterocycles. The highest BCUT2D eigenvalue weighted by molar-refractivity contribution is 6.30. The molecule has 0 aromatic carbocycles. The zero-order valence-corrected chi connectivity index (χ0v) is 15.0. The first kappa shape index (κ1) is 16.1. The van der Waals surface area contributed by atoms with Crippen LogP contribution in [0, 0.1) is 6.92 Å². The Morgan fingerprint density at radius 3 is 2.71 bits per heavy atom. The lowest BCUT2D eigenvalue weighted by Gasteiger charge is -2.38. The van der Waals surface area contributed by atoms with Crippen molar-refractivity contribution in [2.45, 2.75) is 44.8 Å². The highest BCUT2D eigenvalue weighted by atomic mass is 35.5. The molecular formula is C17H23ClN4O2. The first-order valence-corrected chi connectivity index (χ1v) is 8.95. The molecule has 1 spiro atoms. The Kier molecular flexibility index (Phi) is 4.14. The maximum absolute atomic E-state index is 6.50. The fourth-order valence-electron chi connectivity index (χ4n) is 3.86. The van der Waals surface area contributed by atoms with E-state index in [1.54, 1.807) is 4.68 Å². The molecule has 24 heavy (non-hydrogen) atoms. The fraction of sp³-hybridized carbons (Fsp3) is 0.647. The molecule has 0 amide bonds. The highest BCUT2D eigenvalue weighted by Gasteiger charge is 2.38. The van der Waals surface area contributed by atoms with Gasteiger partial charge in [-0.05, 0) is 32.6 Å². The molecule has 2 aromatic heterocycles. The lowest BCUT2D eigenvalue weighted by atomic mass is 9.88. The third kappa shape index (κ3) is 2.87. The quantitative estimate of drug-likeness (QED) is 0.851. The van der Waals surface area contributed by atoms with Gasteiger partial charge in [0.2, 0.25) is 0 Å². The molecule has 0 aliphatic carbocycles. The molecular weight excluding hydrogens is 328 g/mol. The first-order chi connectivity index (χ1) is 11.6. The average Bonchev–Trinajstić information content (AvgIpc) is 3.27. The van der Waals surface area contributed by atoms with E-state index in [-0.39, 0.29) is 5.60 Å². The molecule has 2 aliphatic rings. The van der Waals surface area contributed by atoms with Gasteiger partial charge in [0.1, 0.15) is 22.3 Å². The summed E-state index contributed by atoms with van der Waals surface area (Å²) in [4.78, 5) is 2.44. The van der Waals surface area contributed by atoms with Crippen LogP contribution in [0.5, 0.6) is 0 Å². The zero-order valence-electron chi connectivity index (χ0n) is 14.2. The van der Waals surface area contributed by atoms with Crippen molar-refractivity contribution >= 4 is 11.6 Å². The van der Waals surface area contributed by atoms with Crippen molar-refractivity contribution in [2.24, 2.45) is 7.05 Å². The number of ether oxygens (including phenoxy) is 1. The minimum atomic E-state index is 0.140. The topological polar surface area (TPSA) is 56.3 Å². The maximum Gasteiger partial charge on any atom is 0.134 e. The summed E-state index contributed by atoms with van der Waals surface area (Å²) < 4.78 is 12.9. The molecule has 0 radical (unpaired) electrons. The van der Waals surface area contributed by atoms with Gasteiger partial charge in [0.15, 0.2) is 0 Å². The van der Waals surface area contributed by atoms with E-state index in [1.165, 1.54) is 12.8 Å². The van der Waals surface area contributed by atoms with Crippen LogP contribution in [-0.2, 0) is 18.3 Å². The van der Waals surface area contributed by atoms with Gasteiger partial charge in [-0.1, -0.05) is 16.8 Å². The van der Waals surface area contributed by atoms with E-state index in [2.05, 4.69) is 15.2 Å². The standard InChI is InChI=1S/C17H23ClN4O2/c1-12-10-14(20-24-12)15-13(16(18)21(2)19-15)11-22-7-5-17(6-8-22)4-3-9-23-17/h10H,3-9,11H2,1-2H3. The summed E-state index contributed by atoms with van der Waals surface area (Å²) in [5.41, 5.74) is 2.73. The summed E-state index contributed by atoms with van der Waals surface area (Å²) in [5, 5.41) is 9.31. The fourth-order valence-corrected chi connectivity index (χ4v) is 4.05. The number of piperidine rings is 1. The molecule has 4 rings (SSSR count). The van der Waals surface area contributed by atoms with Gasteiger partial charge in [-0.25, -0.2) is 0 Å². The molecule has 4 heterocycles. The highest BCUT2D eigenvalue weighted by Crippen LogP contribution is 2.37. The smallest absolute Gasteiger partial charge is 0.134 e. The molecule has 0 N–H and O–H groups in total. The zero-order chi connectivity index (χ0) is 16.7. The van der Waals surface area contributed by atoms with Gasteiger partial charge in [-0.15, -0.1) is 0 Å². The second-order valence-electron chi connectivity index (χ2n) is 6.98. The normalized spacial score (nSPS) is 21.0. The molecule has 0 unspecified atom stereocenters. The first-order valence-electron chi connectivity index (χ1n) is 8.58. The molecule has 0 atom stereocenters. The van der Waals surface area contributed by atoms with Gasteiger partial charge in [0.25, 0.3) is 0 Å². The second kappa shape index (κ2) is 6.17. The van der Waals surface area contributed by atoms with Gasteiger partial charge < -0.3 is 9.26 Å². The van der Waals surface area contributed by atoms with Crippen LogP contribution < -0.4 is 0 Å². The van der Waals surface area contributed by atoms with E-state index in [1.807, 2.05) is 20.0 Å². The van der Waals surface area contributed by atoms with E-state index in [9.17, 15) is 0 Å². The number of likely N-dealkylation sites (tertiary alicyclic amines) is 1. The molecule has 2 saturated heterocycles. The number of nitrogens with zero attached hydrogens (tertiary/aromatic N) is 4. The maximum atomic E-state index is 6.50. The van der Waals surface area contributed by atoms with Gasteiger partial charge in [0, 0.05) is 44.9 Å². The predicted octanol–water partition coefficient (Wildman–Crippen LogP) is 3.18. The summed E-state index contributed by atoms with van der Waals surface area (Å²) in [6.07, 6.45) is 4.61. The van der Waals surface area contributed by atoms with Crippen molar-refractivity contribution in [2.75, 3.05) is 19.7 Å². The summed E-state index contributed by atoms with van der Waals surface area (Å²) in [6.45, 7) is 5.64. The third-order valence-electron chi connectivity index (χ3n) is 5.27. The van der Waals surface area contributed by atoms with Crippen molar-refractivity contribution in [1.29, 1.82) is 0 Å². The van der Waals surface area contributed by atoms with E-state index >= 15 is 0 Å². The van der Waals surface area contributed by atoms with Crippen molar-refractivity contribution in [1.82, 2.24) is 19.8 Å². The largest absolute Gasteiger partial charge is 0.375 e. The van der Waals surface area contributed by atoms with E-state index in [0.717, 1.165) is 61.8 Å². The van der Waals surface area contributed by atoms with Crippen molar-refractivity contribution in [3.05, 3.63) is 22.5 Å². The Labute approximate surface area is 146 Å². The summed E-state index contributed by atoms with van der Waals surface area (Å²) in [7, 11) is 1.86. The number of halogens is 1. The lowest BCUT2D eigenvalue weighted by molar-refractivity contribution is -0.0447. The van der Waals surface area contributed by atoms with Crippen molar-refractivity contribution in [3.8, 4) is 11.4 Å². The van der Waals surface area contributed by atoms with Crippen LogP contribution in [0.3, 0.4) is 0 Å². The van der Waals surface area contributed by atoms with Crippen LogP contribution in [-0.4, -0.2) is 45.1 Å². The van der Waals surface area contributed by atoms with Crippen LogP contribution in [0.2, 0.25) is 5.15 Å². The Hall–Kier alpha value is -1.37. The molecule has 130 valence electrons. The average molecular weight is 351 g/mol. The van der Waals surface area contributed by atoms with Crippen LogP contribution in [0.25, 0.3) is 11.4 Å². The number of aryl methyl sites for hydroxylation is 2. The van der Waals surface area contributed by atoms with Crippen LogP contribution in [0.4, 0.5) is 0 Å². The summed E-state index contributed by atoms with van der Waals surface area (Å²) in [6, 6.07) is 1.90. The summed E-state index contributed by atoms with van der Waals surface area (Å²) in [5.74, 6) is 0.774. The number of hydrogen-bond acceptors (Lipinski definition) is 5. The SMILES string of the molecule is Cc1cc(-c2nn(C)c(Cl)c2CN2CCC3(CCCO3)CC2)no1. The van der Waals surface area contributed by atoms with Gasteiger partial charge >= 0.3 is 0 Å². The third-order valence-corrected chi connectivity index (χ3v) is 5.75.